The molecular formula is C18H9F13N2OS. The van der Waals surface area contributed by atoms with E-state index in [-0.39, 0.29) is 0 Å². The number of thiol groups is 1. The van der Waals surface area contributed by atoms with Crippen molar-refractivity contribution >= 4 is 29.9 Å². The molecule has 1 amide bonds. The third-order valence-electron chi connectivity index (χ3n) is 4.51. The Hall–Kier alpha value is -2.85. The Morgan fingerprint density at radius 3 is 1.86 bits per heavy atom. The summed E-state index contributed by atoms with van der Waals surface area (Å²) >= 11 is 3.30. The first kappa shape index (κ1) is 28.4. The average molecular weight is 548 g/mol. The molecule has 194 valence electrons. The molecular weight excluding hydrogens is 539 g/mol. The fourth-order valence-electron chi connectivity index (χ4n) is 2.80. The van der Waals surface area contributed by atoms with Gasteiger partial charge in [-0.2, -0.15) is 48.3 Å². The van der Waals surface area contributed by atoms with Crippen molar-refractivity contribution in [3.63, 3.8) is 0 Å². The summed E-state index contributed by atoms with van der Waals surface area (Å²) in [7, 11) is 0. The van der Waals surface area contributed by atoms with E-state index in [0.717, 1.165) is 18.2 Å². The van der Waals surface area contributed by atoms with Gasteiger partial charge in [-0.15, -0.1) is 12.6 Å². The highest BCUT2D eigenvalue weighted by Gasteiger charge is 2.81. The molecule has 0 fully saturated rings. The fraction of sp³-hybridized carbons (Fsp3) is 0.278. The maximum Gasteiger partial charge on any atom is 0.457 e. The van der Waals surface area contributed by atoms with Crippen molar-refractivity contribution < 1.29 is 61.9 Å². The lowest BCUT2D eigenvalue weighted by Gasteiger charge is -2.36. The zero-order chi connectivity index (χ0) is 27.4. The predicted octanol–water partition coefficient (Wildman–Crippen LogP) is 6.89. The zero-order valence-electron chi connectivity index (χ0n) is 16.2. The summed E-state index contributed by atoms with van der Waals surface area (Å²) in [6.07, 6.45) is -20.1. The summed E-state index contributed by atoms with van der Waals surface area (Å²) in [5.74, 6) is -10.4. The lowest BCUT2D eigenvalue weighted by atomic mass is 9.86. The van der Waals surface area contributed by atoms with Gasteiger partial charge in [0.15, 0.2) is 5.82 Å². The Labute approximate surface area is 191 Å². The smallest absolute Gasteiger partial charge is 0.396 e. The van der Waals surface area contributed by atoms with Gasteiger partial charge in [0.25, 0.3) is 5.91 Å². The molecule has 1 atom stereocenters. The average Bonchev–Trinajstić information content (AvgIpc) is 2.67. The highest BCUT2D eigenvalue weighted by molar-refractivity contribution is 7.80. The third-order valence-corrected chi connectivity index (χ3v) is 4.86. The van der Waals surface area contributed by atoms with E-state index in [4.69, 9.17) is 5.73 Å². The Morgan fingerprint density at radius 2 is 1.40 bits per heavy atom. The SMILES string of the molecule is Nc1cccc(C(=O)Nc2c(S)cc(C(F)(C(F)(F)F)C(F)(F)C(F)(F)F)cc2C(F)(F)F)c1F. The summed E-state index contributed by atoms with van der Waals surface area (Å²) in [5, 5.41) is 1.41. The molecule has 0 saturated heterocycles. The molecule has 2 aromatic carbocycles. The first-order chi connectivity index (χ1) is 15.6. The van der Waals surface area contributed by atoms with Crippen molar-refractivity contribution in [1.29, 1.82) is 0 Å². The van der Waals surface area contributed by atoms with Crippen LogP contribution in [-0.2, 0) is 11.8 Å². The summed E-state index contributed by atoms with van der Waals surface area (Å²) in [5.41, 5.74) is -9.99. The van der Waals surface area contributed by atoms with Crippen LogP contribution in [0.3, 0.4) is 0 Å². The molecule has 0 bridgehead atoms. The number of carbonyl (C=O) groups is 1. The molecule has 0 spiro atoms. The molecule has 0 radical (unpaired) electrons. The van der Waals surface area contributed by atoms with E-state index < -0.39 is 86.9 Å². The monoisotopic (exact) mass is 548 g/mol. The molecule has 0 saturated carbocycles. The van der Waals surface area contributed by atoms with E-state index in [9.17, 15) is 61.9 Å². The van der Waals surface area contributed by atoms with Crippen LogP contribution < -0.4 is 11.1 Å². The van der Waals surface area contributed by atoms with E-state index in [0.29, 0.717) is 0 Å². The Balaban J connectivity index is 2.80. The third kappa shape index (κ3) is 4.81. The first-order valence-electron chi connectivity index (χ1n) is 8.57. The molecule has 2 rings (SSSR count). The van der Waals surface area contributed by atoms with E-state index in [1.165, 1.54) is 5.32 Å². The number of carbonyl (C=O) groups excluding carboxylic acids is 1. The molecule has 2 aromatic rings. The van der Waals surface area contributed by atoms with Gasteiger partial charge in [-0.3, -0.25) is 4.79 Å². The number of alkyl halides is 12. The highest BCUT2D eigenvalue weighted by atomic mass is 32.1. The van der Waals surface area contributed by atoms with Gasteiger partial charge in [0.2, 0.25) is 0 Å². The van der Waals surface area contributed by atoms with Crippen molar-refractivity contribution in [3.8, 4) is 0 Å². The van der Waals surface area contributed by atoms with Crippen LogP contribution in [-0.4, -0.2) is 24.2 Å². The van der Waals surface area contributed by atoms with Crippen molar-refractivity contribution in [2.75, 3.05) is 11.1 Å². The van der Waals surface area contributed by atoms with E-state index in [2.05, 4.69) is 12.6 Å². The molecule has 0 aliphatic carbocycles. The second kappa shape index (κ2) is 8.67. The minimum absolute atomic E-state index is 0.503. The summed E-state index contributed by atoms with van der Waals surface area (Å²) in [4.78, 5) is 10.7. The van der Waals surface area contributed by atoms with Crippen LogP contribution in [0.4, 0.5) is 68.5 Å². The van der Waals surface area contributed by atoms with Crippen LogP contribution in [0.1, 0.15) is 21.5 Å². The van der Waals surface area contributed by atoms with Gasteiger partial charge in [-0.05, 0) is 24.3 Å². The van der Waals surface area contributed by atoms with Crippen LogP contribution in [0.15, 0.2) is 35.2 Å². The van der Waals surface area contributed by atoms with E-state index in [1.807, 2.05) is 0 Å². The number of nitrogens with two attached hydrogens (primary N) is 1. The lowest BCUT2D eigenvalue weighted by molar-refractivity contribution is -0.389. The number of amides is 1. The van der Waals surface area contributed by atoms with Crippen molar-refractivity contribution in [3.05, 3.63) is 52.8 Å². The zero-order valence-corrected chi connectivity index (χ0v) is 17.1. The fourth-order valence-corrected chi connectivity index (χ4v) is 3.12. The van der Waals surface area contributed by atoms with E-state index in [1.54, 1.807) is 0 Å². The quantitative estimate of drug-likeness (QED) is 0.222. The van der Waals surface area contributed by atoms with Gasteiger partial charge in [0.05, 0.1) is 22.5 Å². The van der Waals surface area contributed by atoms with Crippen molar-refractivity contribution in [2.45, 2.75) is 35.0 Å². The van der Waals surface area contributed by atoms with Crippen molar-refractivity contribution in [1.82, 2.24) is 0 Å². The molecule has 0 aromatic heterocycles. The summed E-state index contributed by atoms with van der Waals surface area (Å²) in [6, 6.07) is 1.17. The van der Waals surface area contributed by atoms with Gasteiger partial charge >= 0.3 is 30.1 Å². The number of hydrogen-bond donors (Lipinski definition) is 3. The number of anilines is 2. The highest BCUT2D eigenvalue weighted by Crippen LogP contribution is 2.59. The summed E-state index contributed by atoms with van der Waals surface area (Å²) in [6.45, 7) is 0. The largest absolute Gasteiger partial charge is 0.457 e. The normalized spacial score (nSPS) is 15.0. The molecule has 3 nitrogen and oxygen atoms in total. The van der Waals surface area contributed by atoms with Crippen LogP contribution in [0.2, 0.25) is 0 Å². The van der Waals surface area contributed by atoms with Gasteiger partial charge in [-0.25, -0.2) is 8.78 Å². The molecule has 3 N–H and O–H groups in total. The van der Waals surface area contributed by atoms with Crippen molar-refractivity contribution in [2.24, 2.45) is 0 Å². The number of nitrogen functional groups attached to an aromatic ring is 1. The predicted molar refractivity (Wildman–Crippen MR) is 97.3 cm³/mol. The first-order valence-corrected chi connectivity index (χ1v) is 9.02. The number of rotatable bonds is 4. The van der Waals surface area contributed by atoms with Crippen LogP contribution >= 0.6 is 12.6 Å². The number of benzene rings is 2. The molecule has 17 heteroatoms. The minimum Gasteiger partial charge on any atom is -0.396 e. The Bertz CT molecular complexity index is 1140. The molecule has 0 heterocycles. The molecule has 0 aliphatic rings. The lowest BCUT2D eigenvalue weighted by Crippen LogP contribution is -2.59. The van der Waals surface area contributed by atoms with Crippen LogP contribution in [0.25, 0.3) is 0 Å². The van der Waals surface area contributed by atoms with Gasteiger partial charge in [0.1, 0.15) is 0 Å². The molecule has 1 unspecified atom stereocenters. The maximum absolute atomic E-state index is 14.7. The number of nitrogens with one attached hydrogen (secondary N) is 1. The standard InChI is InChI=1S/C18H9F13N2OS/c19-11-7(2-1-3-9(11)32)13(34)33-12-8(15(21,22)23)4-6(5-10(12)35)14(20,17(26,27)28)16(24,25)18(29,30)31/h1-5,35H,32H2,(H,33,34). The Morgan fingerprint density at radius 1 is 0.857 bits per heavy atom. The Kier molecular flexibility index (Phi) is 7.03. The van der Waals surface area contributed by atoms with Gasteiger partial charge in [0, 0.05) is 10.5 Å². The minimum atomic E-state index is -7.25. The van der Waals surface area contributed by atoms with Gasteiger partial charge < -0.3 is 11.1 Å². The topological polar surface area (TPSA) is 55.1 Å². The second-order valence-corrected chi connectivity index (χ2v) is 7.29. The van der Waals surface area contributed by atoms with E-state index >= 15 is 0 Å². The molecule has 35 heavy (non-hydrogen) atoms. The second-order valence-electron chi connectivity index (χ2n) is 6.81. The van der Waals surface area contributed by atoms with Crippen LogP contribution in [0, 0.1) is 5.82 Å². The number of halogens is 13. The maximum atomic E-state index is 14.7. The summed E-state index contributed by atoms with van der Waals surface area (Å²) < 4.78 is 174. The van der Waals surface area contributed by atoms with Crippen LogP contribution in [0.5, 0.6) is 0 Å². The van der Waals surface area contributed by atoms with Gasteiger partial charge in [-0.1, -0.05) is 6.07 Å². The molecule has 0 aliphatic heterocycles. The number of hydrogen-bond acceptors (Lipinski definition) is 3.